The van der Waals surface area contributed by atoms with Gasteiger partial charge in [-0.2, -0.15) is 10.1 Å². The highest BCUT2D eigenvalue weighted by molar-refractivity contribution is 6.67. The fourth-order valence-corrected chi connectivity index (χ4v) is 2.10. The number of para-hydroxylation sites is 1. The van der Waals surface area contributed by atoms with Crippen LogP contribution in [0.1, 0.15) is 13.8 Å². The van der Waals surface area contributed by atoms with Crippen LogP contribution in [0, 0.1) is 5.41 Å². The molecule has 0 saturated heterocycles. The molecule has 0 N–H and O–H groups in total. The van der Waals surface area contributed by atoms with Crippen molar-refractivity contribution in [2.24, 2.45) is 10.5 Å². The first-order chi connectivity index (χ1) is 10.2. The van der Waals surface area contributed by atoms with Crippen molar-refractivity contribution in [1.82, 2.24) is 0 Å². The minimum Gasteiger partial charge on any atom is -0.460 e. The maximum Gasteiger partial charge on any atom is 0.327 e. The topological polar surface area (TPSA) is 59.0 Å². The number of hydrogen-bond donors (Lipinski definition) is 0. The second-order valence-corrected chi connectivity index (χ2v) is 7.47. The van der Waals surface area contributed by atoms with E-state index in [0.29, 0.717) is 11.4 Å². The number of hydrogen-bond acceptors (Lipinski definition) is 4. The van der Waals surface area contributed by atoms with E-state index in [4.69, 9.17) is 39.5 Å². The zero-order valence-electron chi connectivity index (χ0n) is 11.8. The molecule has 0 aromatic heterocycles. The summed E-state index contributed by atoms with van der Waals surface area (Å²) in [7, 11) is 0. The van der Waals surface area contributed by atoms with Crippen LogP contribution < -0.4 is 5.01 Å². The smallest absolute Gasteiger partial charge is 0.327 e. The van der Waals surface area contributed by atoms with Crippen molar-refractivity contribution in [2.45, 2.75) is 17.6 Å². The summed E-state index contributed by atoms with van der Waals surface area (Å²) in [6.07, 6.45) is 0. The summed E-state index contributed by atoms with van der Waals surface area (Å²) in [5.41, 5.74) is -0.661. The first-order valence-corrected chi connectivity index (χ1v) is 7.49. The van der Waals surface area contributed by atoms with E-state index in [1.54, 1.807) is 31.2 Å². The monoisotopic (exact) mass is 362 g/mol. The summed E-state index contributed by atoms with van der Waals surface area (Å²) in [6, 6.07) is 8.78. The van der Waals surface area contributed by atoms with E-state index in [2.05, 4.69) is 5.10 Å². The number of benzene rings is 1. The number of rotatable bonds is 3. The van der Waals surface area contributed by atoms with E-state index >= 15 is 0 Å². The molecule has 0 aliphatic carbocycles. The summed E-state index contributed by atoms with van der Waals surface area (Å²) in [5, 5.41) is 5.33. The molecule has 0 spiro atoms. The van der Waals surface area contributed by atoms with Crippen LogP contribution in [0.3, 0.4) is 0 Å². The first kappa shape index (κ1) is 17.1. The van der Waals surface area contributed by atoms with Crippen molar-refractivity contribution in [3.05, 3.63) is 30.3 Å². The van der Waals surface area contributed by atoms with Crippen LogP contribution >= 0.6 is 34.8 Å². The summed E-state index contributed by atoms with van der Waals surface area (Å²) >= 11 is 16.7. The van der Waals surface area contributed by atoms with Crippen LogP contribution in [0.2, 0.25) is 0 Å². The Hall–Kier alpha value is -1.30. The van der Waals surface area contributed by atoms with Gasteiger partial charge in [-0.3, -0.25) is 9.59 Å². The van der Waals surface area contributed by atoms with E-state index in [-0.39, 0.29) is 0 Å². The molecule has 1 aromatic rings. The number of amides is 1. The minimum atomic E-state index is -1.74. The first-order valence-electron chi connectivity index (χ1n) is 6.35. The highest BCUT2D eigenvalue weighted by Crippen LogP contribution is 2.35. The molecular weight excluding hydrogens is 351 g/mol. The normalized spacial score (nSPS) is 21.8. The molecule has 1 aliphatic rings. The van der Waals surface area contributed by atoms with Crippen molar-refractivity contribution < 1.29 is 14.3 Å². The maximum atomic E-state index is 12.6. The van der Waals surface area contributed by atoms with Crippen molar-refractivity contribution >= 4 is 58.1 Å². The molecule has 1 atom stereocenters. The van der Waals surface area contributed by atoms with Crippen molar-refractivity contribution in [3.8, 4) is 0 Å². The van der Waals surface area contributed by atoms with Gasteiger partial charge in [0, 0.05) is 0 Å². The lowest BCUT2D eigenvalue weighted by molar-refractivity contribution is -0.154. The van der Waals surface area contributed by atoms with Gasteiger partial charge in [0.2, 0.25) is 3.79 Å². The largest absolute Gasteiger partial charge is 0.460 e. The van der Waals surface area contributed by atoms with Crippen LogP contribution in [0.4, 0.5) is 5.69 Å². The molecule has 1 aliphatic heterocycles. The second-order valence-electron chi connectivity index (χ2n) is 4.95. The maximum absolute atomic E-state index is 12.6. The van der Waals surface area contributed by atoms with Gasteiger partial charge in [0.25, 0.3) is 5.91 Å². The molecule has 0 bridgehead atoms. The quantitative estimate of drug-likeness (QED) is 0.470. The molecule has 1 heterocycles. The van der Waals surface area contributed by atoms with Crippen LogP contribution in [-0.4, -0.2) is 28.0 Å². The van der Waals surface area contributed by atoms with Gasteiger partial charge >= 0.3 is 5.97 Å². The molecule has 22 heavy (non-hydrogen) atoms. The van der Waals surface area contributed by atoms with Gasteiger partial charge in [-0.15, -0.1) is 0 Å². The predicted octanol–water partition coefficient (Wildman–Crippen LogP) is 3.33. The molecular formula is C14H13Cl3N2O3. The summed E-state index contributed by atoms with van der Waals surface area (Å²) < 4.78 is 3.22. The number of nitrogens with zero attached hydrogens (tertiary/aromatic N) is 2. The number of halogens is 3. The SMILES string of the molecule is CC1=NN(c2ccccc2)C(=O)C1(C)C(=O)OCC(Cl)(Cl)Cl. The number of alkyl halides is 3. The Labute approximate surface area is 142 Å². The Morgan fingerprint density at radius 2 is 1.91 bits per heavy atom. The predicted molar refractivity (Wildman–Crippen MR) is 86.4 cm³/mol. The zero-order valence-corrected chi connectivity index (χ0v) is 14.1. The molecule has 0 radical (unpaired) electrons. The molecule has 1 unspecified atom stereocenters. The standard InChI is InChI=1S/C14H13Cl3N2O3/c1-9-13(2,12(21)22-8-14(15,16)17)11(20)19(18-9)10-6-4-3-5-7-10/h3-7H,8H2,1-2H3. The average Bonchev–Trinajstić information content (AvgIpc) is 2.70. The summed E-state index contributed by atoms with van der Waals surface area (Å²) in [4.78, 5) is 24.9. The third-order valence-corrected chi connectivity index (χ3v) is 3.70. The van der Waals surface area contributed by atoms with Gasteiger partial charge in [0.15, 0.2) is 5.41 Å². The summed E-state index contributed by atoms with van der Waals surface area (Å²) in [6.45, 7) is 2.58. The van der Waals surface area contributed by atoms with Gasteiger partial charge in [-0.25, -0.2) is 0 Å². The van der Waals surface area contributed by atoms with Crippen LogP contribution in [-0.2, 0) is 14.3 Å². The molecule has 2 rings (SSSR count). The molecule has 0 fully saturated rings. The van der Waals surface area contributed by atoms with E-state index < -0.39 is 27.7 Å². The Morgan fingerprint density at radius 1 is 1.32 bits per heavy atom. The molecule has 8 heteroatoms. The second kappa shape index (κ2) is 6.07. The van der Waals surface area contributed by atoms with Crippen molar-refractivity contribution in [1.29, 1.82) is 0 Å². The van der Waals surface area contributed by atoms with Gasteiger partial charge in [-0.1, -0.05) is 53.0 Å². The number of carbonyl (C=O) groups excluding carboxylic acids is 2. The molecule has 1 aromatic carbocycles. The third-order valence-electron chi connectivity index (χ3n) is 3.37. The Bertz CT molecular complexity index is 628. The highest BCUT2D eigenvalue weighted by atomic mass is 35.6. The van der Waals surface area contributed by atoms with E-state index in [1.807, 2.05) is 6.07 Å². The van der Waals surface area contributed by atoms with Gasteiger partial charge < -0.3 is 4.74 Å². The minimum absolute atomic E-state index is 0.315. The van der Waals surface area contributed by atoms with Crippen molar-refractivity contribution in [2.75, 3.05) is 11.6 Å². The number of hydrazone groups is 1. The molecule has 1 amide bonds. The fourth-order valence-electron chi connectivity index (χ4n) is 1.93. The lowest BCUT2D eigenvalue weighted by atomic mass is 9.85. The number of anilines is 1. The Balaban J connectivity index is 2.23. The van der Waals surface area contributed by atoms with Crippen LogP contribution in [0.15, 0.2) is 35.4 Å². The Kier molecular flexibility index (Phi) is 4.70. The molecule has 118 valence electrons. The lowest BCUT2D eigenvalue weighted by Crippen LogP contribution is -2.45. The number of carbonyl (C=O) groups is 2. The van der Waals surface area contributed by atoms with Gasteiger partial charge in [0.05, 0.1) is 11.4 Å². The number of esters is 1. The third kappa shape index (κ3) is 3.21. The molecule has 5 nitrogen and oxygen atoms in total. The zero-order chi connectivity index (χ0) is 16.5. The fraction of sp³-hybridized carbons (Fsp3) is 0.357. The van der Waals surface area contributed by atoms with E-state index in [9.17, 15) is 9.59 Å². The lowest BCUT2D eigenvalue weighted by Gasteiger charge is -2.23. The van der Waals surface area contributed by atoms with E-state index in [0.717, 1.165) is 0 Å². The number of ether oxygens (including phenoxy) is 1. The van der Waals surface area contributed by atoms with Crippen LogP contribution in [0.5, 0.6) is 0 Å². The summed E-state index contributed by atoms with van der Waals surface area (Å²) in [5.74, 6) is -1.31. The Morgan fingerprint density at radius 3 is 2.45 bits per heavy atom. The van der Waals surface area contributed by atoms with E-state index in [1.165, 1.54) is 11.9 Å². The van der Waals surface area contributed by atoms with Crippen molar-refractivity contribution in [3.63, 3.8) is 0 Å². The van der Waals surface area contributed by atoms with Gasteiger partial charge in [-0.05, 0) is 26.0 Å². The molecule has 0 saturated carbocycles. The van der Waals surface area contributed by atoms with Gasteiger partial charge in [0.1, 0.15) is 6.61 Å². The van der Waals surface area contributed by atoms with Crippen LogP contribution in [0.25, 0.3) is 0 Å². The highest BCUT2D eigenvalue weighted by Gasteiger charge is 2.53. The average molecular weight is 364 g/mol.